The molecule has 0 spiro atoms. The summed E-state index contributed by atoms with van der Waals surface area (Å²) in [6, 6.07) is 7.31. The molecule has 1 unspecified atom stereocenters. The topological polar surface area (TPSA) is 40.5 Å². The molecule has 20 heavy (non-hydrogen) atoms. The van der Waals surface area contributed by atoms with Gasteiger partial charge in [-0.05, 0) is 42.4 Å². The lowest BCUT2D eigenvalue weighted by atomic mass is 9.95. The number of hydrogen-bond donors (Lipinski definition) is 1. The Balaban J connectivity index is 1.79. The third-order valence-electron chi connectivity index (χ3n) is 4.85. The van der Waals surface area contributed by atoms with Crippen LogP contribution in [0.1, 0.15) is 56.1 Å². The van der Waals surface area contributed by atoms with E-state index in [1.165, 1.54) is 42.5 Å². The minimum atomic E-state index is -0.717. The van der Waals surface area contributed by atoms with Crippen LogP contribution >= 0.6 is 0 Å². The lowest BCUT2D eigenvalue weighted by molar-refractivity contribution is -0.137. The van der Waals surface area contributed by atoms with Gasteiger partial charge in [-0.25, -0.2) is 0 Å². The van der Waals surface area contributed by atoms with Crippen LogP contribution in [-0.4, -0.2) is 23.7 Å². The van der Waals surface area contributed by atoms with Gasteiger partial charge in [0.1, 0.15) is 0 Å². The summed E-state index contributed by atoms with van der Waals surface area (Å²) in [6.45, 7) is 3.14. The van der Waals surface area contributed by atoms with Crippen LogP contribution in [0.25, 0.3) is 0 Å². The van der Waals surface area contributed by atoms with Gasteiger partial charge in [0.25, 0.3) is 0 Å². The second kappa shape index (κ2) is 5.47. The van der Waals surface area contributed by atoms with Crippen LogP contribution in [0.4, 0.5) is 5.69 Å². The fourth-order valence-corrected chi connectivity index (χ4v) is 3.73. The second-order valence-corrected chi connectivity index (χ2v) is 6.27. The summed E-state index contributed by atoms with van der Waals surface area (Å²) in [6.07, 6.45) is 6.71. The van der Waals surface area contributed by atoms with Gasteiger partial charge in [-0.15, -0.1) is 0 Å². The number of fused-ring (bicyclic) bond motifs is 1. The van der Waals surface area contributed by atoms with Gasteiger partial charge in [-0.2, -0.15) is 0 Å². The Morgan fingerprint density at radius 2 is 2.15 bits per heavy atom. The number of hydrogen-bond acceptors (Lipinski definition) is 2. The lowest BCUT2D eigenvalue weighted by Gasteiger charge is -2.27. The summed E-state index contributed by atoms with van der Waals surface area (Å²) in [4.78, 5) is 13.4. The predicted octanol–water partition coefficient (Wildman–Crippen LogP) is 3.57. The van der Waals surface area contributed by atoms with E-state index < -0.39 is 5.97 Å². The van der Waals surface area contributed by atoms with Crippen molar-refractivity contribution >= 4 is 11.7 Å². The van der Waals surface area contributed by atoms with Crippen LogP contribution < -0.4 is 4.90 Å². The molecule has 1 saturated carbocycles. The minimum Gasteiger partial charge on any atom is -0.481 e. The zero-order chi connectivity index (χ0) is 14.1. The zero-order valence-corrected chi connectivity index (χ0v) is 12.1. The van der Waals surface area contributed by atoms with Crippen LogP contribution in [0.5, 0.6) is 0 Å². The zero-order valence-electron chi connectivity index (χ0n) is 12.1. The number of aliphatic carboxylic acids is 1. The van der Waals surface area contributed by atoms with Crippen molar-refractivity contribution in [3.63, 3.8) is 0 Å². The number of benzene rings is 1. The third-order valence-corrected chi connectivity index (χ3v) is 4.85. The normalized spacial score (nSPS) is 20.1. The molecule has 2 aliphatic rings. The smallest absolute Gasteiger partial charge is 0.303 e. The highest BCUT2D eigenvalue weighted by atomic mass is 16.4. The van der Waals surface area contributed by atoms with Crippen molar-refractivity contribution in [1.29, 1.82) is 0 Å². The maximum Gasteiger partial charge on any atom is 0.303 e. The van der Waals surface area contributed by atoms with Crippen LogP contribution in [0.15, 0.2) is 18.2 Å². The summed E-state index contributed by atoms with van der Waals surface area (Å²) in [7, 11) is 0. The molecule has 1 fully saturated rings. The van der Waals surface area contributed by atoms with E-state index in [1.807, 2.05) is 6.92 Å². The van der Waals surface area contributed by atoms with E-state index in [2.05, 4.69) is 23.1 Å². The van der Waals surface area contributed by atoms with E-state index in [0.29, 0.717) is 0 Å². The molecule has 3 rings (SSSR count). The van der Waals surface area contributed by atoms with Gasteiger partial charge >= 0.3 is 5.97 Å². The molecule has 0 aromatic heterocycles. The minimum absolute atomic E-state index is 0.0957. The van der Waals surface area contributed by atoms with Gasteiger partial charge in [0.15, 0.2) is 0 Å². The Morgan fingerprint density at radius 3 is 2.85 bits per heavy atom. The Morgan fingerprint density at radius 1 is 1.40 bits per heavy atom. The molecule has 1 N–H and O–H groups in total. The molecular weight excluding hydrogens is 250 g/mol. The molecule has 1 aromatic carbocycles. The van der Waals surface area contributed by atoms with E-state index >= 15 is 0 Å². The van der Waals surface area contributed by atoms with Crippen molar-refractivity contribution in [3.05, 3.63) is 29.3 Å². The Labute approximate surface area is 120 Å². The molecule has 3 heteroatoms. The van der Waals surface area contributed by atoms with E-state index in [9.17, 15) is 4.79 Å². The van der Waals surface area contributed by atoms with Crippen LogP contribution in [0.2, 0.25) is 0 Å². The molecule has 3 nitrogen and oxygen atoms in total. The summed E-state index contributed by atoms with van der Waals surface area (Å²) in [5.41, 5.74) is 3.97. The highest BCUT2D eigenvalue weighted by Crippen LogP contribution is 2.36. The first-order valence-corrected chi connectivity index (χ1v) is 7.76. The molecule has 1 atom stereocenters. The fourth-order valence-electron chi connectivity index (χ4n) is 3.73. The average molecular weight is 273 g/mol. The number of carboxylic acids is 1. The molecular formula is C17H23NO2. The van der Waals surface area contributed by atoms with Crippen molar-refractivity contribution in [3.8, 4) is 0 Å². The molecule has 108 valence electrons. The lowest BCUT2D eigenvalue weighted by Crippen LogP contribution is -2.31. The Hall–Kier alpha value is -1.51. The monoisotopic (exact) mass is 273 g/mol. The second-order valence-electron chi connectivity index (χ2n) is 6.27. The van der Waals surface area contributed by atoms with Crippen molar-refractivity contribution < 1.29 is 9.90 Å². The largest absolute Gasteiger partial charge is 0.481 e. The first-order chi connectivity index (χ1) is 9.65. The first kappa shape index (κ1) is 13.5. The van der Waals surface area contributed by atoms with Gasteiger partial charge < -0.3 is 10.0 Å². The predicted molar refractivity (Wildman–Crippen MR) is 80.4 cm³/mol. The SMILES string of the molecule is CC(CC(=O)O)c1ccc2c(c1)CCN2C1CCCC1. The Bertz CT molecular complexity index is 506. The molecule has 0 bridgehead atoms. The molecule has 1 aromatic rings. The van der Waals surface area contributed by atoms with Gasteiger partial charge in [0, 0.05) is 18.3 Å². The highest BCUT2D eigenvalue weighted by molar-refractivity contribution is 5.68. The van der Waals surface area contributed by atoms with Gasteiger partial charge in [0.2, 0.25) is 0 Å². The number of nitrogens with zero attached hydrogens (tertiary/aromatic N) is 1. The summed E-state index contributed by atoms with van der Waals surface area (Å²) in [5, 5.41) is 8.92. The van der Waals surface area contributed by atoms with E-state index in [4.69, 9.17) is 5.11 Å². The maximum atomic E-state index is 10.8. The molecule has 0 amide bonds. The summed E-state index contributed by atoms with van der Waals surface area (Å²) in [5.74, 6) is -0.621. The van der Waals surface area contributed by atoms with Crippen LogP contribution in [-0.2, 0) is 11.2 Å². The quantitative estimate of drug-likeness (QED) is 0.911. The summed E-state index contributed by atoms with van der Waals surface area (Å²) >= 11 is 0. The first-order valence-electron chi connectivity index (χ1n) is 7.76. The fraction of sp³-hybridized carbons (Fsp3) is 0.588. The number of carboxylic acid groups (broad SMARTS) is 1. The number of anilines is 1. The van der Waals surface area contributed by atoms with Crippen LogP contribution in [0.3, 0.4) is 0 Å². The molecule has 0 radical (unpaired) electrons. The van der Waals surface area contributed by atoms with Gasteiger partial charge in [0.05, 0.1) is 6.42 Å². The molecule has 1 aliphatic heterocycles. The van der Waals surface area contributed by atoms with Crippen molar-refractivity contribution in [2.75, 3.05) is 11.4 Å². The third kappa shape index (κ3) is 2.54. The van der Waals surface area contributed by atoms with Crippen LogP contribution in [0, 0.1) is 0 Å². The van der Waals surface area contributed by atoms with E-state index in [-0.39, 0.29) is 12.3 Å². The summed E-state index contributed by atoms with van der Waals surface area (Å²) < 4.78 is 0. The van der Waals surface area contributed by atoms with E-state index in [0.717, 1.165) is 19.0 Å². The van der Waals surface area contributed by atoms with Crippen molar-refractivity contribution in [2.45, 2.75) is 57.4 Å². The molecule has 0 saturated heterocycles. The highest BCUT2D eigenvalue weighted by Gasteiger charge is 2.28. The van der Waals surface area contributed by atoms with Crippen molar-refractivity contribution in [2.24, 2.45) is 0 Å². The number of carbonyl (C=O) groups is 1. The van der Waals surface area contributed by atoms with Gasteiger partial charge in [-0.1, -0.05) is 31.9 Å². The van der Waals surface area contributed by atoms with E-state index in [1.54, 1.807) is 0 Å². The molecule has 1 heterocycles. The Kier molecular flexibility index (Phi) is 3.68. The standard InChI is InChI=1S/C17H23NO2/c1-12(10-17(19)20)13-6-7-16-14(11-13)8-9-18(16)15-4-2-3-5-15/h6-7,11-12,15H,2-5,8-10H2,1H3,(H,19,20). The van der Waals surface area contributed by atoms with Gasteiger partial charge in [-0.3, -0.25) is 4.79 Å². The maximum absolute atomic E-state index is 10.8. The molecule has 1 aliphatic carbocycles. The average Bonchev–Trinajstić information content (AvgIpc) is 3.05. The van der Waals surface area contributed by atoms with Crippen molar-refractivity contribution in [1.82, 2.24) is 0 Å². The number of rotatable bonds is 4.